The van der Waals surface area contributed by atoms with Gasteiger partial charge in [-0.05, 0) is 70.3 Å². The lowest BCUT2D eigenvalue weighted by Crippen LogP contribution is -2.47. The zero-order valence-electron chi connectivity index (χ0n) is 15.8. The van der Waals surface area contributed by atoms with Gasteiger partial charge in [0.05, 0.1) is 6.10 Å². The van der Waals surface area contributed by atoms with Crippen molar-refractivity contribution in [2.24, 2.45) is 5.41 Å². The van der Waals surface area contributed by atoms with Crippen LogP contribution in [0.5, 0.6) is 0 Å². The molecule has 0 unspecified atom stereocenters. The Hall–Kier alpha value is -0.420. The van der Waals surface area contributed by atoms with Crippen molar-refractivity contribution in [3.05, 3.63) is 21.9 Å². The third-order valence-electron chi connectivity index (χ3n) is 6.72. The number of rotatable bonds is 5. The summed E-state index contributed by atoms with van der Waals surface area (Å²) in [6, 6.07) is 4.76. The Bertz CT molecular complexity index is 554. The van der Waals surface area contributed by atoms with E-state index in [1.165, 1.54) is 84.1 Å². The number of hydrogen-bond donors (Lipinski definition) is 0. The highest BCUT2D eigenvalue weighted by atomic mass is 32.1. The summed E-state index contributed by atoms with van der Waals surface area (Å²) in [6.07, 6.45) is 11.4. The fourth-order valence-electron chi connectivity index (χ4n) is 5.49. The average molecular weight is 363 g/mol. The minimum Gasteiger partial charge on any atom is -0.381 e. The highest BCUT2D eigenvalue weighted by Gasteiger charge is 2.45. The first-order chi connectivity index (χ1) is 12.3. The molecule has 2 saturated heterocycles. The van der Waals surface area contributed by atoms with Gasteiger partial charge in [0.2, 0.25) is 0 Å². The second-order valence-electron chi connectivity index (χ2n) is 8.50. The van der Waals surface area contributed by atoms with E-state index in [1.54, 1.807) is 9.75 Å². The number of ether oxygens (including phenoxy) is 1. The Kier molecular flexibility index (Phi) is 5.81. The van der Waals surface area contributed by atoms with Gasteiger partial charge in [-0.15, -0.1) is 11.3 Å². The van der Waals surface area contributed by atoms with Gasteiger partial charge in [-0.3, -0.25) is 9.80 Å². The summed E-state index contributed by atoms with van der Waals surface area (Å²) in [5.74, 6) is 0. The monoisotopic (exact) mass is 362 g/mol. The first-order valence-corrected chi connectivity index (χ1v) is 11.1. The molecule has 1 aliphatic carbocycles. The van der Waals surface area contributed by atoms with Crippen LogP contribution in [0.4, 0.5) is 0 Å². The summed E-state index contributed by atoms with van der Waals surface area (Å²) in [4.78, 5) is 8.45. The first-order valence-electron chi connectivity index (χ1n) is 10.3. The van der Waals surface area contributed by atoms with Gasteiger partial charge in [0.25, 0.3) is 0 Å². The molecule has 3 fully saturated rings. The molecule has 0 bridgehead atoms. The molecule has 2 aliphatic heterocycles. The molecular formula is C21H34N2OS. The lowest BCUT2D eigenvalue weighted by Gasteiger charge is -2.43. The summed E-state index contributed by atoms with van der Waals surface area (Å²) < 4.78 is 5.86. The predicted octanol–water partition coefficient (Wildman–Crippen LogP) is 4.52. The second kappa shape index (κ2) is 8.08. The van der Waals surface area contributed by atoms with E-state index < -0.39 is 0 Å². The third kappa shape index (κ3) is 4.13. The topological polar surface area (TPSA) is 15.7 Å². The number of piperidine rings is 2. The van der Waals surface area contributed by atoms with Gasteiger partial charge in [-0.2, -0.15) is 0 Å². The van der Waals surface area contributed by atoms with Gasteiger partial charge in [-0.1, -0.05) is 12.8 Å². The molecule has 2 atom stereocenters. The first kappa shape index (κ1) is 18.0. The van der Waals surface area contributed by atoms with Crippen molar-refractivity contribution in [3.63, 3.8) is 0 Å². The highest BCUT2D eigenvalue weighted by Crippen LogP contribution is 2.46. The van der Waals surface area contributed by atoms with Gasteiger partial charge >= 0.3 is 0 Å². The van der Waals surface area contributed by atoms with Gasteiger partial charge in [-0.25, -0.2) is 0 Å². The molecule has 1 aromatic heterocycles. The molecule has 4 rings (SSSR count). The maximum Gasteiger partial charge on any atom is 0.0639 e. The summed E-state index contributed by atoms with van der Waals surface area (Å²) in [5, 5.41) is 0. The summed E-state index contributed by atoms with van der Waals surface area (Å²) in [6.45, 7) is 7.40. The van der Waals surface area contributed by atoms with Gasteiger partial charge in [0.1, 0.15) is 0 Å². The fourth-order valence-corrected chi connectivity index (χ4v) is 6.59. The fraction of sp³-hybridized carbons (Fsp3) is 0.810. The van der Waals surface area contributed by atoms with Crippen LogP contribution in [0.15, 0.2) is 12.1 Å². The van der Waals surface area contributed by atoms with Crippen LogP contribution >= 0.6 is 11.3 Å². The van der Waals surface area contributed by atoms with Crippen molar-refractivity contribution < 1.29 is 4.74 Å². The zero-order chi connectivity index (χ0) is 17.1. The van der Waals surface area contributed by atoms with E-state index in [-0.39, 0.29) is 0 Å². The molecule has 4 heteroatoms. The SMILES string of the molecule is CO[C@@H]1CCC[C@@]12CCCN(Cc1ccc(CN3CCCCC3)s1)C2. The molecule has 1 saturated carbocycles. The van der Waals surface area contributed by atoms with E-state index >= 15 is 0 Å². The van der Waals surface area contributed by atoms with E-state index in [4.69, 9.17) is 4.74 Å². The zero-order valence-corrected chi connectivity index (χ0v) is 16.7. The molecule has 1 aromatic rings. The minimum atomic E-state index is 0.445. The Morgan fingerprint density at radius 2 is 1.64 bits per heavy atom. The lowest BCUT2D eigenvalue weighted by molar-refractivity contribution is -0.0364. The van der Waals surface area contributed by atoms with Crippen LogP contribution < -0.4 is 0 Å². The predicted molar refractivity (Wildman–Crippen MR) is 105 cm³/mol. The van der Waals surface area contributed by atoms with Crippen LogP contribution in [0.3, 0.4) is 0 Å². The molecule has 0 N–H and O–H groups in total. The minimum absolute atomic E-state index is 0.445. The number of hydrogen-bond acceptors (Lipinski definition) is 4. The Labute approximate surface area is 157 Å². The molecule has 0 aromatic carbocycles. The van der Waals surface area contributed by atoms with Crippen LogP contribution in [0.1, 0.15) is 61.1 Å². The molecule has 3 aliphatic rings. The van der Waals surface area contributed by atoms with Gasteiger partial charge < -0.3 is 4.74 Å². The normalized spacial score (nSPS) is 31.8. The number of thiophene rings is 1. The van der Waals surface area contributed by atoms with E-state index in [9.17, 15) is 0 Å². The van der Waals surface area contributed by atoms with Crippen molar-refractivity contribution in [1.29, 1.82) is 0 Å². The molecule has 1 spiro atoms. The van der Waals surface area contributed by atoms with E-state index in [0.717, 1.165) is 6.54 Å². The number of likely N-dealkylation sites (tertiary alicyclic amines) is 2. The van der Waals surface area contributed by atoms with Crippen LogP contribution in [-0.2, 0) is 17.8 Å². The second-order valence-corrected chi connectivity index (χ2v) is 9.75. The molecule has 3 heterocycles. The maximum absolute atomic E-state index is 5.86. The smallest absolute Gasteiger partial charge is 0.0639 e. The highest BCUT2D eigenvalue weighted by molar-refractivity contribution is 7.11. The van der Waals surface area contributed by atoms with Crippen LogP contribution in [0, 0.1) is 5.41 Å². The molecule has 0 amide bonds. The largest absolute Gasteiger partial charge is 0.381 e. The Balaban J connectivity index is 1.34. The molecule has 140 valence electrons. The van der Waals surface area contributed by atoms with E-state index in [0.29, 0.717) is 11.5 Å². The standard InChI is InChI=1S/C21H34N2OS/c1-24-20-7-5-10-21(20)11-6-14-23(17-21)16-19-9-8-18(25-19)15-22-12-3-2-4-13-22/h8-9,20H,2-7,10-17H2,1H3/t20-,21+/m1/s1. The van der Waals surface area contributed by atoms with Crippen molar-refractivity contribution >= 4 is 11.3 Å². The lowest BCUT2D eigenvalue weighted by atomic mass is 9.76. The third-order valence-corrected chi connectivity index (χ3v) is 7.78. The summed E-state index contributed by atoms with van der Waals surface area (Å²) >= 11 is 2.04. The molecule has 0 radical (unpaired) electrons. The van der Waals surface area contributed by atoms with Crippen LogP contribution in [-0.4, -0.2) is 49.2 Å². The van der Waals surface area contributed by atoms with Crippen molar-refractivity contribution in [2.45, 2.75) is 70.6 Å². The van der Waals surface area contributed by atoms with Crippen LogP contribution in [0.2, 0.25) is 0 Å². The van der Waals surface area contributed by atoms with E-state index in [2.05, 4.69) is 21.9 Å². The Morgan fingerprint density at radius 1 is 0.960 bits per heavy atom. The maximum atomic E-state index is 5.86. The van der Waals surface area contributed by atoms with Crippen LogP contribution in [0.25, 0.3) is 0 Å². The van der Waals surface area contributed by atoms with Crippen molar-refractivity contribution in [1.82, 2.24) is 9.80 Å². The Morgan fingerprint density at radius 3 is 2.40 bits per heavy atom. The molecule has 3 nitrogen and oxygen atoms in total. The average Bonchev–Trinajstić information content (AvgIpc) is 3.23. The quantitative estimate of drug-likeness (QED) is 0.766. The number of methoxy groups -OCH3 is 1. The van der Waals surface area contributed by atoms with Crippen molar-refractivity contribution in [3.8, 4) is 0 Å². The number of nitrogens with zero attached hydrogens (tertiary/aromatic N) is 2. The molecular weight excluding hydrogens is 328 g/mol. The summed E-state index contributed by atoms with van der Waals surface area (Å²) in [7, 11) is 1.92. The van der Waals surface area contributed by atoms with E-state index in [1.807, 2.05) is 18.4 Å². The van der Waals surface area contributed by atoms with Crippen molar-refractivity contribution in [2.75, 3.05) is 33.3 Å². The van der Waals surface area contributed by atoms with Gasteiger partial charge in [0, 0.05) is 41.9 Å². The van der Waals surface area contributed by atoms with Gasteiger partial charge in [0.15, 0.2) is 0 Å². The summed E-state index contributed by atoms with van der Waals surface area (Å²) in [5.41, 5.74) is 0.445. The molecule has 25 heavy (non-hydrogen) atoms.